The highest BCUT2D eigenvalue weighted by atomic mass is 16.6. The van der Waals surface area contributed by atoms with Crippen molar-refractivity contribution in [1.82, 2.24) is 18.5 Å². The Kier molecular flexibility index (Phi) is 5.98. The van der Waals surface area contributed by atoms with Crippen molar-refractivity contribution in [3.8, 4) is 5.69 Å². The second kappa shape index (κ2) is 9.33. The van der Waals surface area contributed by atoms with Crippen LogP contribution in [0.4, 0.5) is 17.1 Å². The number of nitrogens with zero attached hydrogens (tertiary/aromatic N) is 7. The summed E-state index contributed by atoms with van der Waals surface area (Å²) in [7, 11) is 0. The minimum Gasteiger partial charge on any atom is -0.366 e. The van der Waals surface area contributed by atoms with Gasteiger partial charge >= 0.3 is 5.69 Å². The van der Waals surface area contributed by atoms with E-state index in [-0.39, 0.29) is 45.8 Å². The second-order valence-electron chi connectivity index (χ2n) is 8.86. The van der Waals surface area contributed by atoms with Crippen LogP contribution < -0.4 is 17.0 Å². The second-order valence-corrected chi connectivity index (χ2v) is 8.86. The van der Waals surface area contributed by atoms with E-state index in [9.17, 15) is 29.8 Å². The number of hydrogen-bond donors (Lipinski definition) is 1. The van der Waals surface area contributed by atoms with E-state index in [0.717, 1.165) is 0 Å². The zero-order valence-corrected chi connectivity index (χ0v) is 20.6. The van der Waals surface area contributed by atoms with Crippen molar-refractivity contribution in [2.45, 2.75) is 19.9 Å². The zero-order chi connectivity index (χ0) is 28.0. The van der Waals surface area contributed by atoms with Crippen LogP contribution in [0.5, 0.6) is 0 Å². The molecule has 0 saturated carbocycles. The van der Waals surface area contributed by atoms with Crippen molar-refractivity contribution in [1.29, 1.82) is 0 Å². The van der Waals surface area contributed by atoms with Crippen molar-refractivity contribution >= 4 is 39.8 Å². The van der Waals surface area contributed by atoms with Crippen LogP contribution in [0.25, 0.3) is 22.5 Å². The third-order valence-electron chi connectivity index (χ3n) is 6.08. The number of carbonyl (C=O) groups is 1. The zero-order valence-electron chi connectivity index (χ0n) is 20.6. The Morgan fingerprint density at radius 3 is 2.05 bits per heavy atom. The SMILES string of the molecule is CC(C)n1c2ccc(C(N)=O)cc2n2c(=O)n(-c3ccc([N+](=O)[O-])cc3)c(=Nc3ccc([N+](=O)[O-])cc3)nc12. The lowest BCUT2D eigenvalue weighted by atomic mass is 10.2. The van der Waals surface area contributed by atoms with Crippen LogP contribution in [0.2, 0.25) is 0 Å². The largest absolute Gasteiger partial charge is 0.366 e. The molecule has 2 N–H and O–H groups in total. The molecule has 0 spiro atoms. The van der Waals surface area contributed by atoms with E-state index in [2.05, 4.69) is 4.99 Å². The molecule has 0 saturated heterocycles. The quantitative estimate of drug-likeness (QED) is 0.259. The van der Waals surface area contributed by atoms with E-state index < -0.39 is 21.4 Å². The van der Waals surface area contributed by atoms with Gasteiger partial charge in [0.05, 0.1) is 32.3 Å². The molecule has 39 heavy (non-hydrogen) atoms. The molecule has 0 aliphatic carbocycles. The van der Waals surface area contributed by atoms with Gasteiger partial charge < -0.3 is 10.3 Å². The first kappa shape index (κ1) is 25.0. The molecular weight excluding hydrogens is 508 g/mol. The Morgan fingerprint density at radius 2 is 1.51 bits per heavy atom. The number of rotatable bonds is 6. The van der Waals surface area contributed by atoms with Crippen LogP contribution in [0.3, 0.4) is 0 Å². The van der Waals surface area contributed by atoms with E-state index >= 15 is 0 Å². The number of amides is 1. The number of aromatic nitrogens is 4. The summed E-state index contributed by atoms with van der Waals surface area (Å²) < 4.78 is 4.29. The van der Waals surface area contributed by atoms with Gasteiger partial charge in [-0.25, -0.2) is 18.8 Å². The first-order valence-electron chi connectivity index (χ1n) is 11.6. The van der Waals surface area contributed by atoms with Crippen molar-refractivity contribution in [3.05, 3.63) is 109 Å². The molecule has 14 heteroatoms. The van der Waals surface area contributed by atoms with Crippen molar-refractivity contribution in [2.24, 2.45) is 10.7 Å². The van der Waals surface area contributed by atoms with Gasteiger partial charge in [0.2, 0.25) is 17.3 Å². The number of nitro benzene ring substituents is 2. The molecule has 14 nitrogen and oxygen atoms in total. The van der Waals surface area contributed by atoms with Crippen LogP contribution >= 0.6 is 0 Å². The summed E-state index contributed by atoms with van der Waals surface area (Å²) in [4.78, 5) is 56.3. The molecule has 2 heterocycles. The first-order chi connectivity index (χ1) is 18.6. The van der Waals surface area contributed by atoms with Gasteiger partial charge in [0.25, 0.3) is 11.4 Å². The summed E-state index contributed by atoms with van der Waals surface area (Å²) in [6.07, 6.45) is 0. The number of nitro groups is 2. The fraction of sp³-hybridized carbons (Fsp3) is 0.120. The average molecular weight is 528 g/mol. The normalized spacial score (nSPS) is 11.9. The number of nitrogens with two attached hydrogens (primary N) is 1. The third-order valence-corrected chi connectivity index (χ3v) is 6.08. The molecule has 2 aromatic heterocycles. The molecule has 0 bridgehead atoms. The highest BCUT2D eigenvalue weighted by molar-refractivity contribution is 5.97. The molecule has 0 aliphatic rings. The van der Waals surface area contributed by atoms with Gasteiger partial charge in [0, 0.05) is 35.9 Å². The Labute approximate surface area is 218 Å². The molecular formula is C25H20N8O6. The Hall–Kier alpha value is -5.66. The minimum atomic E-state index is -0.670. The monoisotopic (exact) mass is 528 g/mol. The molecule has 0 unspecified atom stereocenters. The van der Waals surface area contributed by atoms with Crippen LogP contribution in [0.15, 0.2) is 76.5 Å². The maximum absolute atomic E-state index is 14.1. The van der Waals surface area contributed by atoms with E-state index in [1.807, 2.05) is 13.8 Å². The van der Waals surface area contributed by atoms with Crippen molar-refractivity contribution in [2.75, 3.05) is 0 Å². The highest BCUT2D eigenvalue weighted by Crippen LogP contribution is 2.24. The predicted molar refractivity (Wildman–Crippen MR) is 140 cm³/mol. The molecule has 0 radical (unpaired) electrons. The van der Waals surface area contributed by atoms with Crippen LogP contribution in [0, 0.1) is 20.2 Å². The summed E-state index contributed by atoms with van der Waals surface area (Å²) in [6, 6.07) is 15.2. The van der Waals surface area contributed by atoms with Gasteiger partial charge in [-0.1, -0.05) is 0 Å². The third kappa shape index (κ3) is 4.29. The molecule has 0 fully saturated rings. The fourth-order valence-corrected chi connectivity index (χ4v) is 4.30. The molecule has 0 atom stereocenters. The van der Waals surface area contributed by atoms with Crippen LogP contribution in [-0.4, -0.2) is 34.3 Å². The summed E-state index contributed by atoms with van der Waals surface area (Å²) in [5, 5.41) is 22.3. The number of fused-ring (bicyclic) bond motifs is 3. The van der Waals surface area contributed by atoms with Gasteiger partial charge in [-0.3, -0.25) is 25.0 Å². The van der Waals surface area contributed by atoms with E-state index in [1.54, 1.807) is 16.7 Å². The molecule has 0 aliphatic heterocycles. The maximum Gasteiger partial charge on any atom is 0.343 e. The van der Waals surface area contributed by atoms with Crippen molar-refractivity contribution in [3.63, 3.8) is 0 Å². The van der Waals surface area contributed by atoms with E-state index in [0.29, 0.717) is 11.0 Å². The summed E-state index contributed by atoms with van der Waals surface area (Å²) >= 11 is 0. The first-order valence-corrected chi connectivity index (χ1v) is 11.6. The Balaban J connectivity index is 1.92. The van der Waals surface area contributed by atoms with Crippen LogP contribution in [0.1, 0.15) is 30.2 Å². The van der Waals surface area contributed by atoms with Gasteiger partial charge in [0.1, 0.15) is 0 Å². The lowest BCUT2D eigenvalue weighted by Crippen LogP contribution is -2.39. The molecule has 3 aromatic carbocycles. The maximum atomic E-state index is 14.1. The smallest absolute Gasteiger partial charge is 0.343 e. The van der Waals surface area contributed by atoms with Gasteiger partial charge in [0.15, 0.2) is 0 Å². The number of non-ortho nitro benzene ring substituents is 2. The average Bonchev–Trinajstić information content (AvgIpc) is 3.23. The molecule has 5 rings (SSSR count). The summed E-state index contributed by atoms with van der Waals surface area (Å²) in [5.74, 6) is -0.443. The fourth-order valence-electron chi connectivity index (χ4n) is 4.30. The molecule has 5 aromatic rings. The summed E-state index contributed by atoms with van der Waals surface area (Å²) in [5.41, 5.74) is 6.21. The van der Waals surface area contributed by atoms with Crippen LogP contribution in [-0.2, 0) is 0 Å². The van der Waals surface area contributed by atoms with E-state index in [4.69, 9.17) is 10.7 Å². The van der Waals surface area contributed by atoms with Gasteiger partial charge in [-0.2, -0.15) is 4.98 Å². The van der Waals surface area contributed by atoms with Gasteiger partial charge in [-0.05, 0) is 56.3 Å². The highest BCUT2D eigenvalue weighted by Gasteiger charge is 2.20. The number of carbonyl (C=O) groups excluding carboxylic acids is 1. The predicted octanol–water partition coefficient (Wildman–Crippen LogP) is 3.17. The number of imidazole rings is 1. The standard InChI is InChI=1S/C25H20N8O6/c1-14(2)29-20-12-3-15(22(26)34)13-21(20)31-24(29)28-23(27-16-4-6-18(7-5-16)32(36)37)30(25(31)35)17-8-10-19(11-9-17)33(38)39/h3-14H,1-2H3,(H2,26,34). The number of hydrogen-bond acceptors (Lipinski definition) is 8. The Bertz CT molecular complexity index is 1930. The minimum absolute atomic E-state index is 0.0671. The topological polar surface area (TPSA) is 186 Å². The number of primary amides is 1. The number of benzene rings is 3. The molecule has 1 amide bonds. The van der Waals surface area contributed by atoms with Gasteiger partial charge in [-0.15, -0.1) is 0 Å². The lowest BCUT2D eigenvalue weighted by Gasteiger charge is -2.11. The Morgan fingerprint density at radius 1 is 0.923 bits per heavy atom. The molecule has 196 valence electrons. The lowest BCUT2D eigenvalue weighted by molar-refractivity contribution is -0.385. The summed E-state index contributed by atoms with van der Waals surface area (Å²) in [6.45, 7) is 3.80. The van der Waals surface area contributed by atoms with E-state index in [1.165, 1.54) is 63.6 Å². The van der Waals surface area contributed by atoms with Crippen molar-refractivity contribution < 1.29 is 14.6 Å².